The first-order valence-electron chi connectivity index (χ1n) is 9.19. The zero-order valence-electron chi connectivity index (χ0n) is 15.2. The smallest absolute Gasteiger partial charge is 0.248 e. The lowest BCUT2D eigenvalue weighted by Gasteiger charge is -2.28. The predicted molar refractivity (Wildman–Crippen MR) is 104 cm³/mol. The molecule has 0 radical (unpaired) electrons. The average Bonchev–Trinajstić information content (AvgIpc) is 3.08. The molecule has 148 valence electrons. The number of hydrogen-bond acceptors (Lipinski definition) is 5. The first-order chi connectivity index (χ1) is 13.4. The van der Waals surface area contributed by atoms with Crippen molar-refractivity contribution < 1.29 is 14.6 Å². The van der Waals surface area contributed by atoms with Gasteiger partial charge in [-0.3, -0.25) is 0 Å². The minimum absolute atomic E-state index is 0. The summed E-state index contributed by atoms with van der Waals surface area (Å²) in [5.74, 6) is -2.47. The van der Waals surface area contributed by atoms with Crippen LogP contribution < -0.4 is 10.6 Å². The molecule has 1 saturated carbocycles. The third kappa shape index (κ3) is 3.72. The number of aromatic nitrogens is 3. The van der Waals surface area contributed by atoms with E-state index in [0.717, 1.165) is 16.8 Å². The predicted octanol–water partition coefficient (Wildman–Crippen LogP) is 4.79. The molecule has 4 rings (SSSR count). The van der Waals surface area contributed by atoms with Crippen LogP contribution in [0.3, 0.4) is 0 Å². The van der Waals surface area contributed by atoms with E-state index in [-0.39, 0.29) is 26.1 Å². The fourth-order valence-corrected chi connectivity index (χ4v) is 3.60. The van der Waals surface area contributed by atoms with Crippen LogP contribution >= 0.6 is 0 Å². The number of fused-ring (bicyclic) bond motifs is 1. The molecule has 1 fully saturated rings. The molecule has 8 heteroatoms. The zero-order chi connectivity index (χ0) is 19.7. The van der Waals surface area contributed by atoms with Crippen molar-refractivity contribution in [1.82, 2.24) is 15.0 Å². The van der Waals surface area contributed by atoms with E-state index < -0.39 is 11.7 Å². The molecule has 28 heavy (non-hydrogen) atoms. The number of rotatable bonds is 5. The summed E-state index contributed by atoms with van der Waals surface area (Å²) in [7, 11) is 0. The number of nitrogens with zero attached hydrogens (tertiary/aromatic N) is 3. The summed E-state index contributed by atoms with van der Waals surface area (Å²) in [6.45, 7) is 3.50. The Morgan fingerprint density at radius 3 is 2.71 bits per heavy atom. The molecule has 0 spiro atoms. The van der Waals surface area contributed by atoms with E-state index in [0.29, 0.717) is 30.8 Å². The first kappa shape index (κ1) is 18.5. The van der Waals surface area contributed by atoms with E-state index in [1.165, 1.54) is 12.3 Å². The van der Waals surface area contributed by atoms with Crippen LogP contribution in [0.4, 0.5) is 24.9 Å². The Morgan fingerprint density at radius 2 is 2.00 bits per heavy atom. The van der Waals surface area contributed by atoms with Crippen LogP contribution in [0.25, 0.3) is 5.57 Å². The van der Waals surface area contributed by atoms with Gasteiger partial charge in [-0.2, -0.15) is 0 Å². The normalized spacial score (nSPS) is 18.3. The molecule has 2 heterocycles. The quantitative estimate of drug-likeness (QED) is 0.770. The Hall–Kier alpha value is -2.90. The summed E-state index contributed by atoms with van der Waals surface area (Å²) in [5, 5.41) is 5.81. The standard InChI is InChI=1S/C20H20F3N5.H2/c1-2-24-18-16(21)9-12(10-25-18)14-3-4-17-15(14)11-26-19(28-17)27-13-5-7-20(22,23)8-6-13;/h2-3,9-11,13H,1,4-8H2,(H,24,25)(H,26,27,28);1H. The van der Waals surface area contributed by atoms with Gasteiger partial charge in [0.05, 0.1) is 5.69 Å². The minimum atomic E-state index is -2.56. The molecule has 0 aromatic carbocycles. The van der Waals surface area contributed by atoms with Crippen LogP contribution in [-0.4, -0.2) is 26.9 Å². The second kappa shape index (κ2) is 7.26. The van der Waals surface area contributed by atoms with Gasteiger partial charge < -0.3 is 10.6 Å². The van der Waals surface area contributed by atoms with Gasteiger partial charge in [0.15, 0.2) is 11.6 Å². The summed E-state index contributed by atoms with van der Waals surface area (Å²) in [5.41, 5.74) is 3.12. The Balaban J connectivity index is 0.00000240. The molecule has 0 amide bonds. The highest BCUT2D eigenvalue weighted by atomic mass is 19.3. The molecule has 0 saturated heterocycles. The molecule has 2 aliphatic rings. The van der Waals surface area contributed by atoms with Crippen LogP contribution in [0.1, 0.15) is 43.9 Å². The molecule has 0 atom stereocenters. The van der Waals surface area contributed by atoms with E-state index in [1.807, 2.05) is 6.08 Å². The second-order valence-electron chi connectivity index (χ2n) is 7.05. The lowest BCUT2D eigenvalue weighted by molar-refractivity contribution is -0.0361. The molecule has 2 aromatic rings. The van der Waals surface area contributed by atoms with Crippen molar-refractivity contribution in [3.8, 4) is 0 Å². The maximum Gasteiger partial charge on any atom is 0.248 e. The summed E-state index contributed by atoms with van der Waals surface area (Å²) in [6, 6.07) is 1.36. The van der Waals surface area contributed by atoms with Crippen molar-refractivity contribution in [1.29, 1.82) is 0 Å². The Labute approximate surface area is 162 Å². The van der Waals surface area contributed by atoms with Crippen LogP contribution in [0, 0.1) is 5.82 Å². The molecule has 5 nitrogen and oxygen atoms in total. The molecular weight excluding hydrogens is 367 g/mol. The molecular formula is C20H22F3N5. The van der Waals surface area contributed by atoms with Gasteiger partial charge in [-0.15, -0.1) is 0 Å². The second-order valence-corrected chi connectivity index (χ2v) is 7.05. The third-order valence-electron chi connectivity index (χ3n) is 5.10. The van der Waals surface area contributed by atoms with E-state index >= 15 is 0 Å². The maximum absolute atomic E-state index is 14.2. The highest BCUT2D eigenvalue weighted by Gasteiger charge is 2.35. The van der Waals surface area contributed by atoms with E-state index in [9.17, 15) is 13.2 Å². The van der Waals surface area contributed by atoms with Crippen molar-refractivity contribution in [2.75, 3.05) is 10.6 Å². The number of pyridine rings is 1. The Kier molecular flexibility index (Phi) is 4.78. The lowest BCUT2D eigenvalue weighted by Crippen LogP contribution is -2.32. The van der Waals surface area contributed by atoms with Gasteiger partial charge >= 0.3 is 0 Å². The van der Waals surface area contributed by atoms with Gasteiger partial charge in [-0.25, -0.2) is 28.1 Å². The number of alkyl halides is 2. The van der Waals surface area contributed by atoms with Crippen molar-refractivity contribution in [2.45, 2.75) is 44.1 Å². The lowest BCUT2D eigenvalue weighted by atomic mass is 9.92. The van der Waals surface area contributed by atoms with Crippen LogP contribution in [0.5, 0.6) is 0 Å². The number of anilines is 2. The maximum atomic E-state index is 14.2. The van der Waals surface area contributed by atoms with E-state index in [2.05, 4.69) is 32.2 Å². The molecule has 2 aliphatic carbocycles. The van der Waals surface area contributed by atoms with Crippen LogP contribution in [0.15, 0.2) is 37.3 Å². The molecule has 0 bridgehead atoms. The van der Waals surface area contributed by atoms with Gasteiger partial charge in [0, 0.05) is 50.3 Å². The number of halogens is 3. The summed E-state index contributed by atoms with van der Waals surface area (Å²) >= 11 is 0. The SMILES string of the molecule is C=CNc1ncc(C2=CCc3nc(NC4CCC(F)(F)CC4)ncc32)cc1F.[HH]. The van der Waals surface area contributed by atoms with Crippen LogP contribution in [0.2, 0.25) is 0 Å². The third-order valence-corrected chi connectivity index (χ3v) is 5.10. The average molecular weight is 389 g/mol. The van der Waals surface area contributed by atoms with E-state index in [4.69, 9.17) is 0 Å². The largest absolute Gasteiger partial charge is 0.351 e. The molecule has 2 aromatic heterocycles. The highest BCUT2D eigenvalue weighted by molar-refractivity contribution is 5.83. The van der Waals surface area contributed by atoms with Gasteiger partial charge in [0.2, 0.25) is 11.9 Å². The topological polar surface area (TPSA) is 62.7 Å². The zero-order valence-corrected chi connectivity index (χ0v) is 15.2. The molecule has 0 unspecified atom stereocenters. The Morgan fingerprint density at radius 1 is 1.21 bits per heavy atom. The van der Waals surface area contributed by atoms with E-state index in [1.54, 1.807) is 12.4 Å². The minimum Gasteiger partial charge on any atom is -0.351 e. The summed E-state index contributed by atoms with van der Waals surface area (Å²) in [4.78, 5) is 12.9. The van der Waals surface area contributed by atoms with Crippen LogP contribution in [-0.2, 0) is 6.42 Å². The van der Waals surface area contributed by atoms with Crippen molar-refractivity contribution in [3.05, 3.63) is 60.0 Å². The van der Waals surface area contributed by atoms with Gasteiger partial charge in [0.25, 0.3) is 0 Å². The number of nitrogens with one attached hydrogen (secondary N) is 2. The highest BCUT2D eigenvalue weighted by Crippen LogP contribution is 2.35. The fourth-order valence-electron chi connectivity index (χ4n) is 3.60. The van der Waals surface area contributed by atoms with Crippen molar-refractivity contribution in [3.63, 3.8) is 0 Å². The first-order valence-corrected chi connectivity index (χ1v) is 9.19. The monoisotopic (exact) mass is 389 g/mol. The van der Waals surface area contributed by atoms with Crippen molar-refractivity contribution >= 4 is 17.3 Å². The fraction of sp³-hybridized carbons (Fsp3) is 0.350. The van der Waals surface area contributed by atoms with Gasteiger partial charge in [-0.1, -0.05) is 12.7 Å². The van der Waals surface area contributed by atoms with Gasteiger partial charge in [0.1, 0.15) is 0 Å². The summed E-state index contributed by atoms with van der Waals surface area (Å²) in [6.07, 6.45) is 7.76. The van der Waals surface area contributed by atoms with Crippen molar-refractivity contribution in [2.24, 2.45) is 0 Å². The summed E-state index contributed by atoms with van der Waals surface area (Å²) < 4.78 is 40.7. The number of hydrogen-bond donors (Lipinski definition) is 2. The van der Waals surface area contributed by atoms with Gasteiger partial charge in [-0.05, 0) is 30.7 Å². The number of allylic oxidation sites excluding steroid dienone is 1. The Bertz CT molecular complexity index is 938. The molecule has 0 aliphatic heterocycles. The molecule has 2 N–H and O–H groups in total.